The van der Waals surface area contributed by atoms with Crippen molar-refractivity contribution in [2.24, 2.45) is 5.92 Å². The van der Waals surface area contributed by atoms with Crippen molar-refractivity contribution in [2.45, 2.75) is 25.7 Å². The predicted octanol–water partition coefficient (Wildman–Crippen LogP) is 3.36. The van der Waals surface area contributed by atoms with Gasteiger partial charge in [-0.3, -0.25) is 0 Å². The van der Waals surface area contributed by atoms with E-state index >= 15 is 0 Å². The van der Waals surface area contributed by atoms with E-state index in [-0.39, 0.29) is 5.92 Å². The molecule has 0 radical (unpaired) electrons. The van der Waals surface area contributed by atoms with E-state index in [1.54, 1.807) is 13.2 Å². The first kappa shape index (κ1) is 13.5. The summed E-state index contributed by atoms with van der Waals surface area (Å²) in [6.45, 7) is 7.87. The van der Waals surface area contributed by atoms with Crippen molar-refractivity contribution < 1.29 is 9.53 Å². The molecule has 0 spiro atoms. The molecule has 0 unspecified atom stereocenters. The monoisotopic (exact) mass is 232 g/mol. The average Bonchev–Trinajstić information content (AvgIpc) is 2.36. The Morgan fingerprint density at radius 1 is 1.35 bits per heavy atom. The molecule has 0 N–H and O–H groups in total. The second-order valence-electron chi connectivity index (χ2n) is 4.53. The van der Waals surface area contributed by atoms with E-state index in [1.165, 1.54) is 0 Å². The van der Waals surface area contributed by atoms with Gasteiger partial charge in [-0.25, -0.2) is 0 Å². The average molecular weight is 232 g/mol. The minimum Gasteiger partial charge on any atom is -0.497 e. The van der Waals surface area contributed by atoms with Crippen LogP contribution in [0.3, 0.4) is 0 Å². The maximum atomic E-state index is 11.5. The van der Waals surface area contributed by atoms with Crippen LogP contribution in [0.25, 0.3) is 0 Å². The van der Waals surface area contributed by atoms with Crippen molar-refractivity contribution >= 4 is 6.29 Å². The first-order chi connectivity index (χ1) is 8.10. The van der Waals surface area contributed by atoms with Crippen LogP contribution in [-0.2, 0) is 10.2 Å². The summed E-state index contributed by atoms with van der Waals surface area (Å²) in [6.07, 6.45) is 3.50. The molecule has 0 amide bonds. The van der Waals surface area contributed by atoms with E-state index in [2.05, 4.69) is 20.4 Å². The third kappa shape index (κ3) is 2.57. The van der Waals surface area contributed by atoms with Gasteiger partial charge in [-0.1, -0.05) is 32.1 Å². The highest BCUT2D eigenvalue weighted by Gasteiger charge is 2.34. The van der Waals surface area contributed by atoms with Gasteiger partial charge in [0.25, 0.3) is 0 Å². The van der Waals surface area contributed by atoms with Crippen molar-refractivity contribution in [3.05, 3.63) is 42.5 Å². The maximum absolute atomic E-state index is 11.5. The normalized spacial score (nSPS) is 14.1. The van der Waals surface area contributed by atoms with Gasteiger partial charge in [0.1, 0.15) is 12.0 Å². The summed E-state index contributed by atoms with van der Waals surface area (Å²) in [5.74, 6) is 1.03. The molecular weight excluding hydrogens is 212 g/mol. The standard InChI is InChI=1S/C15H20O2/c1-5-10-15(11-16,12(2)3)13-6-8-14(17-4)9-7-13/h5-9,11-12H,1,10H2,2-4H3/t15-/m0/s1. The summed E-state index contributed by atoms with van der Waals surface area (Å²) in [4.78, 5) is 11.5. The second-order valence-corrected chi connectivity index (χ2v) is 4.53. The Balaban J connectivity index is 3.20. The predicted molar refractivity (Wildman–Crippen MR) is 70.4 cm³/mol. The van der Waals surface area contributed by atoms with Crippen LogP contribution in [0.4, 0.5) is 0 Å². The van der Waals surface area contributed by atoms with Gasteiger partial charge in [-0.05, 0) is 30.0 Å². The lowest BCUT2D eigenvalue weighted by atomic mass is 9.70. The highest BCUT2D eigenvalue weighted by atomic mass is 16.5. The van der Waals surface area contributed by atoms with Crippen LogP contribution in [0.2, 0.25) is 0 Å². The largest absolute Gasteiger partial charge is 0.497 e. The molecule has 2 heteroatoms. The number of aldehydes is 1. The maximum Gasteiger partial charge on any atom is 0.131 e. The second kappa shape index (κ2) is 5.67. The van der Waals surface area contributed by atoms with E-state index < -0.39 is 5.41 Å². The number of rotatable bonds is 6. The van der Waals surface area contributed by atoms with Crippen molar-refractivity contribution in [2.75, 3.05) is 7.11 Å². The minimum atomic E-state index is -0.478. The Bertz CT molecular complexity index is 378. The molecule has 0 aliphatic carbocycles. The molecule has 1 aromatic carbocycles. The Morgan fingerprint density at radius 3 is 2.29 bits per heavy atom. The van der Waals surface area contributed by atoms with Crippen LogP contribution in [0.1, 0.15) is 25.8 Å². The van der Waals surface area contributed by atoms with Crippen molar-refractivity contribution in [3.8, 4) is 5.75 Å². The van der Waals surface area contributed by atoms with Gasteiger partial charge in [0, 0.05) is 0 Å². The van der Waals surface area contributed by atoms with Gasteiger partial charge in [-0.15, -0.1) is 6.58 Å². The number of methoxy groups -OCH3 is 1. The highest BCUT2D eigenvalue weighted by molar-refractivity contribution is 5.69. The topological polar surface area (TPSA) is 26.3 Å². The summed E-state index contributed by atoms with van der Waals surface area (Å²) < 4.78 is 5.13. The van der Waals surface area contributed by atoms with Crippen LogP contribution in [-0.4, -0.2) is 13.4 Å². The summed E-state index contributed by atoms with van der Waals surface area (Å²) in [5, 5.41) is 0. The van der Waals surface area contributed by atoms with Crippen molar-refractivity contribution in [1.82, 2.24) is 0 Å². The lowest BCUT2D eigenvalue weighted by Gasteiger charge is -2.31. The Labute approximate surface area is 103 Å². The molecule has 1 rings (SSSR count). The van der Waals surface area contributed by atoms with Gasteiger partial charge >= 0.3 is 0 Å². The minimum absolute atomic E-state index is 0.228. The van der Waals surface area contributed by atoms with Crippen LogP contribution in [0.5, 0.6) is 5.75 Å². The van der Waals surface area contributed by atoms with Gasteiger partial charge in [-0.2, -0.15) is 0 Å². The number of hydrogen-bond donors (Lipinski definition) is 0. The summed E-state index contributed by atoms with van der Waals surface area (Å²) >= 11 is 0. The number of carbonyl (C=O) groups is 1. The van der Waals surface area contributed by atoms with Crippen LogP contribution >= 0.6 is 0 Å². The van der Waals surface area contributed by atoms with Crippen molar-refractivity contribution in [1.29, 1.82) is 0 Å². The van der Waals surface area contributed by atoms with Crippen LogP contribution in [0, 0.1) is 5.92 Å². The number of hydrogen-bond acceptors (Lipinski definition) is 2. The fourth-order valence-electron chi connectivity index (χ4n) is 2.08. The first-order valence-corrected chi connectivity index (χ1v) is 5.82. The Morgan fingerprint density at radius 2 is 1.94 bits per heavy atom. The molecule has 1 aromatic rings. The number of benzene rings is 1. The summed E-state index contributed by atoms with van der Waals surface area (Å²) in [6, 6.07) is 7.69. The molecule has 92 valence electrons. The molecular formula is C15H20O2. The van der Waals surface area contributed by atoms with Gasteiger partial charge in [0.2, 0.25) is 0 Å². The molecule has 0 saturated carbocycles. The highest BCUT2D eigenvalue weighted by Crippen LogP contribution is 2.35. The van der Waals surface area contributed by atoms with Crippen molar-refractivity contribution in [3.63, 3.8) is 0 Å². The van der Waals surface area contributed by atoms with E-state index in [0.717, 1.165) is 17.6 Å². The molecule has 2 nitrogen and oxygen atoms in total. The van der Waals surface area contributed by atoms with E-state index in [1.807, 2.05) is 24.3 Å². The molecule has 0 aromatic heterocycles. The fraction of sp³-hybridized carbons (Fsp3) is 0.400. The zero-order chi connectivity index (χ0) is 12.9. The lowest BCUT2D eigenvalue weighted by molar-refractivity contribution is -0.114. The van der Waals surface area contributed by atoms with E-state index in [9.17, 15) is 4.79 Å². The SMILES string of the molecule is C=CC[C@@](C=O)(c1ccc(OC)cc1)C(C)C. The van der Waals surface area contributed by atoms with E-state index in [4.69, 9.17) is 4.74 Å². The van der Waals surface area contributed by atoms with Crippen LogP contribution in [0.15, 0.2) is 36.9 Å². The Hall–Kier alpha value is -1.57. The lowest BCUT2D eigenvalue weighted by Crippen LogP contribution is -2.33. The number of ether oxygens (including phenoxy) is 1. The van der Waals surface area contributed by atoms with Crippen LogP contribution < -0.4 is 4.74 Å². The zero-order valence-corrected chi connectivity index (χ0v) is 10.8. The zero-order valence-electron chi connectivity index (χ0n) is 10.8. The third-order valence-electron chi connectivity index (χ3n) is 3.35. The smallest absolute Gasteiger partial charge is 0.131 e. The fourth-order valence-corrected chi connectivity index (χ4v) is 2.08. The molecule has 0 saturated heterocycles. The summed E-state index contributed by atoms with van der Waals surface area (Å²) in [7, 11) is 1.63. The quantitative estimate of drug-likeness (QED) is 0.555. The van der Waals surface area contributed by atoms with Gasteiger partial charge < -0.3 is 9.53 Å². The number of allylic oxidation sites excluding steroid dienone is 1. The first-order valence-electron chi connectivity index (χ1n) is 5.82. The third-order valence-corrected chi connectivity index (χ3v) is 3.35. The molecule has 0 aliphatic heterocycles. The molecule has 0 bridgehead atoms. The molecule has 0 heterocycles. The molecule has 17 heavy (non-hydrogen) atoms. The Kier molecular flexibility index (Phi) is 4.50. The van der Waals surface area contributed by atoms with Gasteiger partial charge in [0.15, 0.2) is 0 Å². The molecule has 0 fully saturated rings. The number of carbonyl (C=O) groups excluding carboxylic acids is 1. The summed E-state index contributed by atoms with van der Waals surface area (Å²) in [5.41, 5.74) is 0.539. The molecule has 1 atom stereocenters. The molecule has 0 aliphatic rings. The van der Waals surface area contributed by atoms with E-state index in [0.29, 0.717) is 6.42 Å². The van der Waals surface area contributed by atoms with Gasteiger partial charge in [0.05, 0.1) is 12.5 Å².